The Bertz CT molecular complexity index is 161. The quantitative estimate of drug-likeness (QED) is 0.233. The molecule has 64 valence electrons. The molecule has 0 atom stereocenters. The minimum Gasteiger partial charge on any atom is -0.452 e. The van der Waals surface area contributed by atoms with Gasteiger partial charge in [-0.05, 0) is 0 Å². The van der Waals surface area contributed by atoms with E-state index in [2.05, 4.69) is 9.47 Å². The first-order chi connectivity index (χ1) is 4.52. The maximum Gasteiger partial charge on any atom is 1.00 e. The first kappa shape index (κ1) is 17.8. The second kappa shape index (κ2) is 8.90. The SMILES string of the molecule is N.O=C([O-])OC(=O)OC(=O)O.[K+]. The second-order valence-corrected chi connectivity index (χ2v) is 0.970. The van der Waals surface area contributed by atoms with Crippen LogP contribution in [0.2, 0.25) is 0 Å². The van der Waals surface area contributed by atoms with E-state index in [1.807, 2.05) is 0 Å². The van der Waals surface area contributed by atoms with Crippen LogP contribution in [0.5, 0.6) is 0 Å². The van der Waals surface area contributed by atoms with Crippen LogP contribution in [0.4, 0.5) is 14.4 Å². The molecule has 0 aliphatic rings. The average Bonchev–Trinajstić information content (AvgIpc) is 1.58. The molecule has 9 heteroatoms. The summed E-state index contributed by atoms with van der Waals surface area (Å²) in [6.07, 6.45) is -5.98. The molecule has 4 N–H and O–H groups in total. The third kappa shape index (κ3) is 12.5. The largest absolute Gasteiger partial charge is 1.00 e. The van der Waals surface area contributed by atoms with Crippen molar-refractivity contribution in [1.82, 2.24) is 6.15 Å². The third-order valence-corrected chi connectivity index (χ3v) is 0.337. The van der Waals surface area contributed by atoms with Crippen LogP contribution in [0.1, 0.15) is 0 Å². The summed E-state index contributed by atoms with van der Waals surface area (Å²) in [5.41, 5.74) is 0. The normalized spacial score (nSPS) is 6.67. The number of carbonyl (C=O) groups excluding carboxylic acids is 2. The molecule has 0 spiro atoms. The minimum absolute atomic E-state index is 0. The molecule has 0 heterocycles. The summed E-state index contributed by atoms with van der Waals surface area (Å²) in [6.45, 7) is 0. The molecule has 0 aliphatic heterocycles. The van der Waals surface area contributed by atoms with E-state index in [-0.39, 0.29) is 57.5 Å². The molecule has 0 amide bonds. The van der Waals surface area contributed by atoms with Crippen molar-refractivity contribution in [3.8, 4) is 0 Å². The van der Waals surface area contributed by atoms with Crippen molar-refractivity contribution < 1.29 is 85.5 Å². The summed E-state index contributed by atoms with van der Waals surface area (Å²) in [5.74, 6) is 0. The van der Waals surface area contributed by atoms with Crippen molar-refractivity contribution in [2.24, 2.45) is 0 Å². The number of hydrogen-bond acceptors (Lipinski definition) is 7. The fourth-order valence-electron chi connectivity index (χ4n) is 0.160. The molecule has 0 aromatic heterocycles. The topological polar surface area (TPSA) is 148 Å². The van der Waals surface area contributed by atoms with Crippen LogP contribution in [0.3, 0.4) is 0 Å². The molecule has 12 heavy (non-hydrogen) atoms. The predicted octanol–water partition coefficient (Wildman–Crippen LogP) is -3.67. The zero-order valence-electron chi connectivity index (χ0n) is 6.10. The molecule has 0 saturated carbocycles. The Kier molecular flexibility index (Phi) is 13.2. The van der Waals surface area contributed by atoms with Gasteiger partial charge in [-0.15, -0.1) is 0 Å². The summed E-state index contributed by atoms with van der Waals surface area (Å²) in [6, 6.07) is 0. The van der Waals surface area contributed by atoms with Gasteiger partial charge in [-0.25, -0.2) is 9.59 Å². The van der Waals surface area contributed by atoms with Gasteiger partial charge in [-0.3, -0.25) is 0 Å². The molecule has 0 radical (unpaired) electrons. The van der Waals surface area contributed by atoms with Gasteiger partial charge in [-0.1, -0.05) is 0 Å². The van der Waals surface area contributed by atoms with Crippen LogP contribution in [0.15, 0.2) is 0 Å². The maximum absolute atomic E-state index is 9.82. The van der Waals surface area contributed by atoms with Crippen LogP contribution in [0, 0.1) is 0 Å². The van der Waals surface area contributed by atoms with Gasteiger partial charge in [0.15, 0.2) is 0 Å². The van der Waals surface area contributed by atoms with Crippen LogP contribution < -0.4 is 62.6 Å². The van der Waals surface area contributed by atoms with E-state index in [0.29, 0.717) is 0 Å². The average molecular weight is 205 g/mol. The van der Waals surface area contributed by atoms with Crippen molar-refractivity contribution in [2.75, 3.05) is 0 Å². The van der Waals surface area contributed by atoms with Gasteiger partial charge in [0.1, 0.15) is 0 Å². The van der Waals surface area contributed by atoms with Gasteiger partial charge in [0.2, 0.25) is 0 Å². The molecule has 0 saturated heterocycles. The van der Waals surface area contributed by atoms with E-state index in [1.165, 1.54) is 0 Å². The Morgan fingerprint density at radius 3 is 1.83 bits per heavy atom. The van der Waals surface area contributed by atoms with Crippen LogP contribution in [-0.2, 0) is 9.47 Å². The van der Waals surface area contributed by atoms with E-state index in [0.717, 1.165) is 0 Å². The van der Waals surface area contributed by atoms with E-state index in [9.17, 15) is 19.5 Å². The predicted molar refractivity (Wildman–Crippen MR) is 26.0 cm³/mol. The van der Waals surface area contributed by atoms with E-state index in [1.54, 1.807) is 0 Å². The second-order valence-electron chi connectivity index (χ2n) is 0.970. The summed E-state index contributed by atoms with van der Waals surface area (Å²) < 4.78 is 6.32. The minimum atomic E-state index is -2.17. The summed E-state index contributed by atoms with van der Waals surface area (Å²) in [5, 5.41) is 17.0. The third-order valence-electron chi connectivity index (χ3n) is 0.337. The maximum atomic E-state index is 9.82. The van der Waals surface area contributed by atoms with Gasteiger partial charge in [0, 0.05) is 0 Å². The fraction of sp³-hybridized carbons (Fsp3) is 0. The van der Waals surface area contributed by atoms with Crippen LogP contribution in [-0.4, -0.2) is 23.6 Å². The van der Waals surface area contributed by atoms with Crippen molar-refractivity contribution in [2.45, 2.75) is 0 Å². The number of carbonyl (C=O) groups is 3. The smallest absolute Gasteiger partial charge is 0.452 e. The van der Waals surface area contributed by atoms with Crippen molar-refractivity contribution >= 4 is 18.5 Å². The van der Waals surface area contributed by atoms with Crippen molar-refractivity contribution in [1.29, 1.82) is 0 Å². The fourth-order valence-corrected chi connectivity index (χ4v) is 0.160. The first-order valence-electron chi connectivity index (χ1n) is 1.86. The van der Waals surface area contributed by atoms with Crippen molar-refractivity contribution in [3.63, 3.8) is 0 Å². The molecule has 0 aromatic carbocycles. The monoisotopic (exact) mass is 205 g/mol. The standard InChI is InChI=1S/C3H2O7.K.H3N/c4-1(5)9-3(8)10-2(6)7;;/h(H,4,5)(H,6,7);;1H3/q;+1;/p-1. The Labute approximate surface area is 109 Å². The molecular weight excluding hydrogens is 201 g/mol. The van der Waals surface area contributed by atoms with E-state index >= 15 is 0 Å². The zero-order valence-corrected chi connectivity index (χ0v) is 9.23. The summed E-state index contributed by atoms with van der Waals surface area (Å²) in [4.78, 5) is 28.6. The van der Waals surface area contributed by atoms with E-state index in [4.69, 9.17) is 5.11 Å². The van der Waals surface area contributed by atoms with Crippen LogP contribution in [0.25, 0.3) is 0 Å². The molecule has 0 aromatic rings. The molecule has 0 aliphatic carbocycles. The van der Waals surface area contributed by atoms with Gasteiger partial charge in [0.05, 0.1) is 0 Å². The van der Waals surface area contributed by atoms with Gasteiger partial charge < -0.3 is 30.6 Å². The molecule has 0 rings (SSSR count). The van der Waals surface area contributed by atoms with Gasteiger partial charge in [-0.2, -0.15) is 0 Å². The van der Waals surface area contributed by atoms with Crippen molar-refractivity contribution in [3.05, 3.63) is 0 Å². The number of ether oxygens (including phenoxy) is 2. The Morgan fingerprint density at radius 2 is 1.58 bits per heavy atom. The molecule has 0 bridgehead atoms. The molecule has 0 fully saturated rings. The Balaban J connectivity index is -0.000000405. The molecular formula is C3H4KNO7. The van der Waals surface area contributed by atoms with Gasteiger partial charge >= 0.3 is 63.7 Å². The molecule has 8 nitrogen and oxygen atoms in total. The number of hydrogen-bond donors (Lipinski definition) is 2. The number of carboxylic acid groups (broad SMARTS) is 2. The molecule has 0 unspecified atom stereocenters. The van der Waals surface area contributed by atoms with Crippen LogP contribution >= 0.6 is 0 Å². The Hall–Kier alpha value is -0.194. The summed E-state index contributed by atoms with van der Waals surface area (Å²) in [7, 11) is 0. The summed E-state index contributed by atoms with van der Waals surface area (Å²) >= 11 is 0. The zero-order chi connectivity index (χ0) is 8.15. The Morgan fingerprint density at radius 1 is 1.17 bits per heavy atom. The van der Waals surface area contributed by atoms with E-state index < -0.39 is 18.5 Å². The number of rotatable bonds is 0. The van der Waals surface area contributed by atoms with Gasteiger partial charge in [0.25, 0.3) is 6.16 Å². The first-order valence-corrected chi connectivity index (χ1v) is 1.86.